The summed E-state index contributed by atoms with van der Waals surface area (Å²) in [6, 6.07) is 12.1. The minimum Gasteiger partial charge on any atom is -0.452 e. The second-order valence-corrected chi connectivity index (χ2v) is 6.89. The molecule has 0 bridgehead atoms. The van der Waals surface area contributed by atoms with Crippen LogP contribution in [-0.2, 0) is 14.3 Å². The molecule has 0 radical (unpaired) electrons. The Hall–Kier alpha value is -2.86. The smallest absolute Gasteiger partial charge is 0.308 e. The fraction of sp³-hybridized carbons (Fsp3) is 0.286. The first-order valence-electron chi connectivity index (χ1n) is 8.87. The second-order valence-electron chi connectivity index (χ2n) is 6.45. The van der Waals surface area contributed by atoms with Crippen LogP contribution in [0.5, 0.6) is 0 Å². The molecule has 0 saturated heterocycles. The predicted octanol–water partition coefficient (Wildman–Crippen LogP) is 3.65. The Balaban J connectivity index is 1.77. The number of nitrogens with one attached hydrogen (secondary N) is 2. The van der Waals surface area contributed by atoms with Gasteiger partial charge in [0, 0.05) is 22.8 Å². The molecule has 2 aromatic carbocycles. The van der Waals surface area contributed by atoms with Crippen LogP contribution in [0.3, 0.4) is 0 Å². The van der Waals surface area contributed by atoms with E-state index in [9.17, 15) is 14.4 Å². The summed E-state index contributed by atoms with van der Waals surface area (Å²) in [5, 5.41) is 5.92. The lowest BCUT2D eigenvalue weighted by molar-refractivity contribution is -0.153. The Morgan fingerprint density at radius 2 is 1.75 bits per heavy atom. The molecule has 2 N–H and O–H groups in total. The molecule has 0 saturated carbocycles. The van der Waals surface area contributed by atoms with E-state index in [1.165, 1.54) is 6.92 Å². The van der Waals surface area contributed by atoms with Crippen LogP contribution in [0.1, 0.15) is 34.8 Å². The third kappa shape index (κ3) is 6.39. The Morgan fingerprint density at radius 3 is 2.43 bits per heavy atom. The Kier molecular flexibility index (Phi) is 7.58. The van der Waals surface area contributed by atoms with E-state index in [0.717, 1.165) is 11.1 Å². The third-order valence-corrected chi connectivity index (χ3v) is 4.30. The molecule has 6 nitrogen and oxygen atoms in total. The molecule has 0 aliphatic rings. The molecule has 0 unspecified atom stereocenters. The number of halogens is 1. The van der Waals surface area contributed by atoms with Crippen LogP contribution >= 0.6 is 11.6 Å². The molecule has 7 heteroatoms. The third-order valence-electron chi connectivity index (χ3n) is 4.05. The van der Waals surface area contributed by atoms with Crippen LogP contribution in [0.2, 0.25) is 5.02 Å². The van der Waals surface area contributed by atoms with Crippen molar-refractivity contribution in [3.05, 3.63) is 64.2 Å². The predicted molar refractivity (Wildman–Crippen MR) is 109 cm³/mol. The maximum absolute atomic E-state index is 12.2. The quantitative estimate of drug-likeness (QED) is 0.692. The molecular weight excluding hydrogens is 380 g/mol. The lowest BCUT2D eigenvalue weighted by Crippen LogP contribution is -2.32. The normalized spacial score (nSPS) is 11.4. The fourth-order valence-corrected chi connectivity index (χ4v) is 2.52. The topological polar surface area (TPSA) is 84.5 Å². The summed E-state index contributed by atoms with van der Waals surface area (Å²) in [6.07, 6.45) is -0.986. The van der Waals surface area contributed by atoms with Gasteiger partial charge in [0.2, 0.25) is 0 Å². The number of anilines is 1. The van der Waals surface area contributed by atoms with Crippen LogP contribution in [0.4, 0.5) is 5.69 Å². The summed E-state index contributed by atoms with van der Waals surface area (Å²) in [5.41, 5.74) is 3.06. The van der Waals surface area contributed by atoms with Gasteiger partial charge in [-0.15, -0.1) is 0 Å². The van der Waals surface area contributed by atoms with E-state index in [0.29, 0.717) is 16.3 Å². The van der Waals surface area contributed by atoms with Gasteiger partial charge >= 0.3 is 5.97 Å². The minimum atomic E-state index is -0.945. The Morgan fingerprint density at radius 1 is 1.07 bits per heavy atom. The number of hydrogen-bond acceptors (Lipinski definition) is 4. The van der Waals surface area contributed by atoms with Crippen LogP contribution in [-0.4, -0.2) is 30.4 Å². The molecule has 0 aliphatic carbocycles. The van der Waals surface area contributed by atoms with Crippen LogP contribution in [0.15, 0.2) is 42.5 Å². The van der Waals surface area contributed by atoms with Gasteiger partial charge in [-0.25, -0.2) is 0 Å². The molecule has 2 aromatic rings. The number of amides is 2. The molecular formula is C21H23ClN2O4. The fourth-order valence-electron chi connectivity index (χ4n) is 2.40. The van der Waals surface area contributed by atoms with Crippen molar-refractivity contribution in [2.45, 2.75) is 33.3 Å². The zero-order valence-electron chi connectivity index (χ0n) is 16.0. The number of aryl methyl sites for hydroxylation is 2. The number of ether oxygens (including phenoxy) is 1. The lowest BCUT2D eigenvalue weighted by Gasteiger charge is -2.15. The van der Waals surface area contributed by atoms with Gasteiger partial charge in [-0.3, -0.25) is 14.4 Å². The average molecular weight is 403 g/mol. The van der Waals surface area contributed by atoms with Crippen molar-refractivity contribution in [1.82, 2.24) is 5.32 Å². The summed E-state index contributed by atoms with van der Waals surface area (Å²) in [5.74, 6) is -1.29. The summed E-state index contributed by atoms with van der Waals surface area (Å²) < 4.78 is 5.14. The standard InChI is InChI=1S/C21H23ClN2O4/c1-13-4-5-14(2)18(12-13)24-20(26)15(3)28-19(25)10-11-23-21(27)16-6-8-17(22)9-7-16/h4-9,12,15H,10-11H2,1-3H3,(H,23,27)(H,24,26)/t15-/m1/s1. The number of benzene rings is 2. The zero-order valence-corrected chi connectivity index (χ0v) is 16.8. The van der Waals surface area contributed by atoms with E-state index < -0.39 is 18.0 Å². The van der Waals surface area contributed by atoms with Gasteiger partial charge < -0.3 is 15.4 Å². The highest BCUT2D eigenvalue weighted by molar-refractivity contribution is 6.30. The molecule has 2 rings (SSSR count). The van der Waals surface area contributed by atoms with Gasteiger partial charge in [0.25, 0.3) is 11.8 Å². The maximum atomic E-state index is 12.2. The van der Waals surface area contributed by atoms with E-state index in [2.05, 4.69) is 10.6 Å². The summed E-state index contributed by atoms with van der Waals surface area (Å²) in [6.45, 7) is 5.42. The molecule has 0 spiro atoms. The molecule has 0 heterocycles. The highest BCUT2D eigenvalue weighted by atomic mass is 35.5. The minimum absolute atomic E-state index is 0.0412. The number of esters is 1. The van der Waals surface area contributed by atoms with Gasteiger partial charge in [0.15, 0.2) is 6.10 Å². The van der Waals surface area contributed by atoms with E-state index in [1.807, 2.05) is 32.0 Å². The number of rotatable bonds is 7. The van der Waals surface area contributed by atoms with Gasteiger partial charge in [0.1, 0.15) is 0 Å². The Labute approximate surface area is 169 Å². The SMILES string of the molecule is Cc1ccc(C)c(NC(=O)[C@@H](C)OC(=O)CCNC(=O)c2ccc(Cl)cc2)c1. The number of hydrogen-bond donors (Lipinski definition) is 2. The molecule has 148 valence electrons. The molecule has 0 aliphatic heterocycles. The molecule has 2 amide bonds. The van der Waals surface area contributed by atoms with E-state index >= 15 is 0 Å². The summed E-state index contributed by atoms with van der Waals surface area (Å²) in [7, 11) is 0. The Bertz CT molecular complexity index is 865. The maximum Gasteiger partial charge on any atom is 0.308 e. The highest BCUT2D eigenvalue weighted by Crippen LogP contribution is 2.17. The van der Waals surface area contributed by atoms with Crippen molar-refractivity contribution in [1.29, 1.82) is 0 Å². The van der Waals surface area contributed by atoms with Gasteiger partial charge in [-0.1, -0.05) is 23.7 Å². The largest absolute Gasteiger partial charge is 0.452 e. The van der Waals surface area contributed by atoms with Crippen molar-refractivity contribution in [3.8, 4) is 0 Å². The van der Waals surface area contributed by atoms with Crippen LogP contribution in [0.25, 0.3) is 0 Å². The monoisotopic (exact) mass is 402 g/mol. The van der Waals surface area contributed by atoms with Gasteiger partial charge in [0.05, 0.1) is 6.42 Å². The van der Waals surface area contributed by atoms with Gasteiger partial charge in [-0.2, -0.15) is 0 Å². The number of carbonyl (C=O) groups excluding carboxylic acids is 3. The first kappa shape index (κ1) is 21.4. The van der Waals surface area contributed by atoms with Crippen molar-refractivity contribution < 1.29 is 19.1 Å². The van der Waals surface area contributed by atoms with E-state index in [-0.39, 0.29) is 18.9 Å². The second kappa shape index (κ2) is 9.90. The average Bonchev–Trinajstić information content (AvgIpc) is 2.65. The summed E-state index contributed by atoms with van der Waals surface area (Å²) >= 11 is 5.78. The van der Waals surface area contributed by atoms with E-state index in [1.54, 1.807) is 24.3 Å². The number of carbonyl (C=O) groups is 3. The van der Waals surface area contributed by atoms with Crippen molar-refractivity contribution in [3.63, 3.8) is 0 Å². The van der Waals surface area contributed by atoms with Crippen molar-refractivity contribution >= 4 is 35.1 Å². The first-order chi connectivity index (χ1) is 13.3. The van der Waals surface area contributed by atoms with E-state index in [4.69, 9.17) is 16.3 Å². The summed E-state index contributed by atoms with van der Waals surface area (Å²) in [4.78, 5) is 36.1. The van der Waals surface area contributed by atoms with Crippen LogP contribution in [0, 0.1) is 13.8 Å². The lowest BCUT2D eigenvalue weighted by atomic mass is 10.1. The molecule has 1 atom stereocenters. The van der Waals surface area contributed by atoms with Crippen LogP contribution < -0.4 is 10.6 Å². The molecule has 28 heavy (non-hydrogen) atoms. The van der Waals surface area contributed by atoms with Crippen molar-refractivity contribution in [2.75, 3.05) is 11.9 Å². The zero-order chi connectivity index (χ0) is 20.7. The van der Waals surface area contributed by atoms with Crippen molar-refractivity contribution in [2.24, 2.45) is 0 Å². The van der Waals surface area contributed by atoms with Gasteiger partial charge in [-0.05, 0) is 62.2 Å². The molecule has 0 fully saturated rings. The highest BCUT2D eigenvalue weighted by Gasteiger charge is 2.18. The first-order valence-corrected chi connectivity index (χ1v) is 9.25. The molecule has 0 aromatic heterocycles.